The van der Waals surface area contributed by atoms with Crippen molar-refractivity contribution in [3.8, 4) is 0 Å². The van der Waals surface area contributed by atoms with E-state index in [2.05, 4.69) is 27.3 Å². The van der Waals surface area contributed by atoms with Gasteiger partial charge >= 0.3 is 6.03 Å². The Morgan fingerprint density at radius 3 is 2.50 bits per heavy atom. The molecule has 1 aliphatic rings. The normalized spacial score (nSPS) is 16.5. The molecule has 0 saturated carbocycles. The van der Waals surface area contributed by atoms with Crippen molar-refractivity contribution in [2.75, 3.05) is 32.7 Å². The Morgan fingerprint density at radius 1 is 1.27 bits per heavy atom. The van der Waals surface area contributed by atoms with E-state index in [1.165, 1.54) is 5.56 Å². The summed E-state index contributed by atoms with van der Waals surface area (Å²) in [6.07, 6.45) is 6.86. The maximum absolute atomic E-state index is 12.1. The molecule has 1 saturated heterocycles. The van der Waals surface area contributed by atoms with Gasteiger partial charge in [0.1, 0.15) is 0 Å². The second kappa shape index (κ2) is 8.73. The Bertz CT molecular complexity index is 439. The van der Waals surface area contributed by atoms with Gasteiger partial charge in [0.05, 0.1) is 0 Å². The number of carbonyl (C=O) groups excluding carboxylic acids is 1. The van der Waals surface area contributed by atoms with Crippen molar-refractivity contribution in [1.82, 2.24) is 20.1 Å². The lowest BCUT2D eigenvalue weighted by molar-refractivity contribution is 0.175. The summed E-state index contributed by atoms with van der Waals surface area (Å²) in [5.41, 5.74) is 1.34. The fourth-order valence-electron chi connectivity index (χ4n) is 2.91. The van der Waals surface area contributed by atoms with Crippen LogP contribution in [0.15, 0.2) is 24.5 Å². The second-order valence-corrected chi connectivity index (χ2v) is 5.84. The molecule has 1 fully saturated rings. The van der Waals surface area contributed by atoms with Gasteiger partial charge in [0.2, 0.25) is 0 Å². The number of rotatable bonds is 6. The second-order valence-electron chi connectivity index (χ2n) is 5.84. The lowest BCUT2D eigenvalue weighted by Gasteiger charge is -2.33. The van der Waals surface area contributed by atoms with Crippen LogP contribution in [0.5, 0.6) is 0 Å². The van der Waals surface area contributed by atoms with Crippen molar-refractivity contribution in [3.05, 3.63) is 30.1 Å². The minimum atomic E-state index is 0.0836. The Hall–Kier alpha value is -1.62. The summed E-state index contributed by atoms with van der Waals surface area (Å²) in [6.45, 7) is 8.79. The highest BCUT2D eigenvalue weighted by molar-refractivity contribution is 5.74. The van der Waals surface area contributed by atoms with Crippen LogP contribution >= 0.6 is 0 Å². The molecule has 2 amide bonds. The summed E-state index contributed by atoms with van der Waals surface area (Å²) in [7, 11) is 0. The molecule has 0 atom stereocenters. The van der Waals surface area contributed by atoms with E-state index in [1.807, 2.05) is 31.1 Å². The van der Waals surface area contributed by atoms with Crippen molar-refractivity contribution in [3.63, 3.8) is 0 Å². The highest BCUT2D eigenvalue weighted by atomic mass is 16.2. The minimum absolute atomic E-state index is 0.0836. The van der Waals surface area contributed by atoms with Crippen LogP contribution in [0.3, 0.4) is 0 Å². The van der Waals surface area contributed by atoms with Crippen LogP contribution in [0.25, 0.3) is 0 Å². The van der Waals surface area contributed by atoms with E-state index in [0.717, 1.165) is 52.0 Å². The molecule has 5 nitrogen and oxygen atoms in total. The third-order valence-electron chi connectivity index (χ3n) is 4.43. The van der Waals surface area contributed by atoms with Crippen LogP contribution < -0.4 is 5.32 Å². The maximum atomic E-state index is 12.1. The first-order chi connectivity index (χ1) is 10.7. The number of aromatic nitrogens is 1. The molecule has 2 rings (SSSR count). The van der Waals surface area contributed by atoms with Crippen LogP contribution in [0.4, 0.5) is 4.79 Å². The van der Waals surface area contributed by atoms with Gasteiger partial charge in [0.25, 0.3) is 0 Å². The molecule has 122 valence electrons. The molecular weight excluding hydrogens is 276 g/mol. The average molecular weight is 304 g/mol. The Morgan fingerprint density at radius 2 is 1.91 bits per heavy atom. The molecule has 1 N–H and O–H groups in total. The fraction of sp³-hybridized carbons (Fsp3) is 0.647. The molecular formula is C17H28N4O. The van der Waals surface area contributed by atoms with Gasteiger partial charge in [-0.2, -0.15) is 0 Å². The topological polar surface area (TPSA) is 48.5 Å². The van der Waals surface area contributed by atoms with Gasteiger partial charge in [0, 0.05) is 51.2 Å². The first-order valence-corrected chi connectivity index (χ1v) is 8.39. The number of urea groups is 1. The molecule has 0 radical (unpaired) electrons. The lowest BCUT2D eigenvalue weighted by atomic mass is 10.0. The van der Waals surface area contributed by atoms with Gasteiger partial charge in [-0.15, -0.1) is 0 Å². The van der Waals surface area contributed by atoms with Gasteiger partial charge in [-0.3, -0.25) is 4.98 Å². The van der Waals surface area contributed by atoms with Crippen LogP contribution in [0.1, 0.15) is 32.3 Å². The summed E-state index contributed by atoms with van der Waals surface area (Å²) >= 11 is 0. The summed E-state index contributed by atoms with van der Waals surface area (Å²) in [5.74, 6) is 0. The van der Waals surface area contributed by atoms with Crippen molar-refractivity contribution in [1.29, 1.82) is 0 Å². The van der Waals surface area contributed by atoms with E-state index < -0.39 is 0 Å². The van der Waals surface area contributed by atoms with Gasteiger partial charge in [0.15, 0.2) is 0 Å². The van der Waals surface area contributed by atoms with E-state index in [9.17, 15) is 4.79 Å². The number of amides is 2. The zero-order valence-electron chi connectivity index (χ0n) is 13.8. The summed E-state index contributed by atoms with van der Waals surface area (Å²) in [6, 6.07) is 4.57. The van der Waals surface area contributed by atoms with E-state index in [-0.39, 0.29) is 6.03 Å². The molecule has 1 aromatic heterocycles. The van der Waals surface area contributed by atoms with Gasteiger partial charge in [-0.05, 0) is 50.8 Å². The number of carbonyl (C=O) groups is 1. The predicted molar refractivity (Wildman–Crippen MR) is 88.9 cm³/mol. The number of likely N-dealkylation sites (tertiary alicyclic amines) is 1. The number of nitrogens with one attached hydrogen (secondary N) is 1. The van der Waals surface area contributed by atoms with Crippen LogP contribution in [-0.4, -0.2) is 59.6 Å². The smallest absolute Gasteiger partial charge is 0.317 e. The van der Waals surface area contributed by atoms with Crippen LogP contribution in [0, 0.1) is 0 Å². The highest BCUT2D eigenvalue weighted by Gasteiger charge is 2.21. The SMILES string of the molecule is CCN(CC)C(=O)NC1CCN(CCc2ccncc2)CC1. The first-order valence-electron chi connectivity index (χ1n) is 8.39. The van der Waals surface area contributed by atoms with Crippen molar-refractivity contribution >= 4 is 6.03 Å². The number of nitrogens with zero attached hydrogens (tertiary/aromatic N) is 3. The number of hydrogen-bond acceptors (Lipinski definition) is 3. The van der Waals surface area contributed by atoms with Crippen molar-refractivity contribution in [2.45, 2.75) is 39.2 Å². The van der Waals surface area contributed by atoms with Crippen LogP contribution in [-0.2, 0) is 6.42 Å². The first kappa shape index (κ1) is 16.7. The van der Waals surface area contributed by atoms with E-state index in [0.29, 0.717) is 6.04 Å². The number of pyridine rings is 1. The van der Waals surface area contributed by atoms with Gasteiger partial charge in [-0.25, -0.2) is 4.79 Å². The fourth-order valence-corrected chi connectivity index (χ4v) is 2.91. The molecule has 0 bridgehead atoms. The van der Waals surface area contributed by atoms with Gasteiger partial charge in [-0.1, -0.05) is 0 Å². The molecule has 1 aliphatic heterocycles. The predicted octanol–water partition coefficient (Wildman–Crippen LogP) is 2.14. The van der Waals surface area contributed by atoms with E-state index in [4.69, 9.17) is 0 Å². The molecule has 5 heteroatoms. The summed E-state index contributed by atoms with van der Waals surface area (Å²) < 4.78 is 0. The quantitative estimate of drug-likeness (QED) is 0.876. The monoisotopic (exact) mass is 304 g/mol. The third kappa shape index (κ3) is 4.98. The molecule has 0 aliphatic carbocycles. The van der Waals surface area contributed by atoms with Gasteiger partial charge < -0.3 is 15.1 Å². The molecule has 0 spiro atoms. The molecule has 1 aromatic rings. The zero-order valence-corrected chi connectivity index (χ0v) is 13.8. The Balaban J connectivity index is 1.68. The van der Waals surface area contributed by atoms with Crippen LogP contribution in [0.2, 0.25) is 0 Å². The molecule has 0 aromatic carbocycles. The molecule has 22 heavy (non-hydrogen) atoms. The van der Waals surface area contributed by atoms with E-state index >= 15 is 0 Å². The summed E-state index contributed by atoms with van der Waals surface area (Å²) in [4.78, 5) is 20.4. The highest BCUT2D eigenvalue weighted by Crippen LogP contribution is 2.12. The minimum Gasteiger partial charge on any atom is -0.335 e. The Kier molecular flexibility index (Phi) is 6.65. The van der Waals surface area contributed by atoms with Crippen molar-refractivity contribution < 1.29 is 4.79 Å². The van der Waals surface area contributed by atoms with E-state index in [1.54, 1.807) is 0 Å². The third-order valence-corrected chi connectivity index (χ3v) is 4.43. The number of hydrogen-bond donors (Lipinski definition) is 1. The largest absolute Gasteiger partial charge is 0.335 e. The zero-order chi connectivity index (χ0) is 15.8. The number of piperidine rings is 1. The summed E-state index contributed by atoms with van der Waals surface area (Å²) in [5, 5.41) is 3.17. The lowest BCUT2D eigenvalue weighted by Crippen LogP contribution is -2.49. The standard InChI is InChI=1S/C17H28N4O/c1-3-21(4-2)17(22)19-16-8-13-20(14-9-16)12-7-15-5-10-18-11-6-15/h5-6,10-11,16H,3-4,7-9,12-14H2,1-2H3,(H,19,22). The molecule has 0 unspecified atom stereocenters. The average Bonchev–Trinajstić information content (AvgIpc) is 2.56. The molecule has 2 heterocycles. The van der Waals surface area contributed by atoms with Crippen molar-refractivity contribution in [2.24, 2.45) is 0 Å². The maximum Gasteiger partial charge on any atom is 0.317 e. The Labute approximate surface area is 133 Å².